The Bertz CT molecular complexity index is 164. The smallest absolute Gasteiger partial charge is 0.0462 e. The van der Waals surface area contributed by atoms with E-state index in [9.17, 15) is 0 Å². The van der Waals surface area contributed by atoms with Crippen molar-refractivity contribution < 1.29 is 4.74 Å². The van der Waals surface area contributed by atoms with Gasteiger partial charge in [-0.1, -0.05) is 32.6 Å². The summed E-state index contributed by atoms with van der Waals surface area (Å²) < 4.78 is 5.05. The molecule has 0 amide bonds. The third kappa shape index (κ3) is 7.77. The molecule has 17 heavy (non-hydrogen) atoms. The van der Waals surface area contributed by atoms with Gasteiger partial charge in [0.25, 0.3) is 0 Å². The van der Waals surface area contributed by atoms with Crippen LogP contribution in [-0.4, -0.2) is 38.3 Å². The number of hydrogen-bond donors (Lipinski definition) is 0. The van der Waals surface area contributed by atoms with Crippen LogP contribution in [0.1, 0.15) is 58.3 Å². The van der Waals surface area contributed by atoms with Crippen LogP contribution in [0.5, 0.6) is 0 Å². The molecule has 0 saturated carbocycles. The van der Waals surface area contributed by atoms with Crippen molar-refractivity contribution in [2.75, 3.05) is 33.4 Å². The Morgan fingerprint density at radius 3 is 2.18 bits per heavy atom. The fourth-order valence-electron chi connectivity index (χ4n) is 2.57. The first-order chi connectivity index (χ1) is 8.33. The molecule has 1 fully saturated rings. The number of rotatable bonds is 9. The Labute approximate surface area is 108 Å². The van der Waals surface area contributed by atoms with Gasteiger partial charge in [-0.15, -0.1) is 0 Å². The molecule has 0 spiro atoms. The number of likely N-dealkylation sites (tertiary alicyclic amines) is 1. The molecule has 102 valence electrons. The van der Waals surface area contributed by atoms with Gasteiger partial charge in [0.2, 0.25) is 0 Å². The zero-order valence-corrected chi connectivity index (χ0v) is 11.9. The Morgan fingerprint density at radius 2 is 1.53 bits per heavy atom. The molecule has 0 bridgehead atoms. The quantitative estimate of drug-likeness (QED) is 0.571. The van der Waals surface area contributed by atoms with E-state index in [1.807, 2.05) is 0 Å². The molecule has 0 aliphatic carbocycles. The molecule has 1 aliphatic heterocycles. The molecule has 0 unspecified atom stereocenters. The third-order valence-corrected chi connectivity index (χ3v) is 3.95. The van der Waals surface area contributed by atoms with Crippen LogP contribution in [0.4, 0.5) is 0 Å². The van der Waals surface area contributed by atoms with Crippen molar-refractivity contribution in [3.05, 3.63) is 0 Å². The number of methoxy groups -OCH3 is 1. The Morgan fingerprint density at radius 1 is 0.941 bits per heavy atom. The maximum atomic E-state index is 5.05. The molecule has 1 heterocycles. The first-order valence-electron chi connectivity index (χ1n) is 7.54. The van der Waals surface area contributed by atoms with Crippen LogP contribution in [-0.2, 0) is 4.74 Å². The number of unbranched alkanes of at least 4 members (excludes halogenated alkanes) is 5. The highest BCUT2D eigenvalue weighted by atomic mass is 16.5. The molecule has 0 aromatic rings. The monoisotopic (exact) mass is 241 g/mol. The number of hydrogen-bond acceptors (Lipinski definition) is 2. The topological polar surface area (TPSA) is 12.5 Å². The van der Waals surface area contributed by atoms with Gasteiger partial charge in [-0.25, -0.2) is 0 Å². The summed E-state index contributed by atoms with van der Waals surface area (Å²) in [5, 5.41) is 0. The highest BCUT2D eigenvalue weighted by molar-refractivity contribution is 4.69. The molecule has 0 atom stereocenters. The van der Waals surface area contributed by atoms with Crippen LogP contribution in [0.25, 0.3) is 0 Å². The minimum atomic E-state index is 0.936. The number of piperidine rings is 1. The van der Waals surface area contributed by atoms with E-state index >= 15 is 0 Å². The van der Waals surface area contributed by atoms with Crippen molar-refractivity contribution in [1.29, 1.82) is 0 Å². The van der Waals surface area contributed by atoms with E-state index in [1.165, 1.54) is 71.0 Å². The zero-order chi connectivity index (χ0) is 12.3. The summed E-state index contributed by atoms with van der Waals surface area (Å²) in [6.45, 7) is 7.35. The minimum Gasteiger partial charge on any atom is -0.385 e. The van der Waals surface area contributed by atoms with E-state index in [2.05, 4.69) is 11.8 Å². The van der Waals surface area contributed by atoms with Crippen LogP contribution in [0.2, 0.25) is 0 Å². The zero-order valence-electron chi connectivity index (χ0n) is 11.9. The highest BCUT2D eigenvalue weighted by Crippen LogP contribution is 2.16. The average molecular weight is 241 g/mol. The molecule has 2 heteroatoms. The van der Waals surface area contributed by atoms with E-state index in [0.29, 0.717) is 0 Å². The Hall–Kier alpha value is -0.0800. The van der Waals surface area contributed by atoms with Crippen molar-refractivity contribution in [3.63, 3.8) is 0 Å². The van der Waals surface area contributed by atoms with Crippen molar-refractivity contribution >= 4 is 0 Å². The lowest BCUT2D eigenvalue weighted by atomic mass is 9.99. The van der Waals surface area contributed by atoms with Crippen molar-refractivity contribution in [1.82, 2.24) is 4.90 Å². The molecule has 1 aliphatic rings. The fourth-order valence-corrected chi connectivity index (χ4v) is 2.57. The summed E-state index contributed by atoms with van der Waals surface area (Å²) in [4.78, 5) is 2.66. The van der Waals surface area contributed by atoms with E-state index in [-0.39, 0.29) is 0 Å². The largest absolute Gasteiger partial charge is 0.385 e. The number of nitrogens with zero attached hydrogens (tertiary/aromatic N) is 1. The van der Waals surface area contributed by atoms with Gasteiger partial charge in [-0.3, -0.25) is 0 Å². The predicted octanol–water partition coefficient (Wildman–Crippen LogP) is 3.71. The van der Waals surface area contributed by atoms with E-state index < -0.39 is 0 Å². The van der Waals surface area contributed by atoms with Gasteiger partial charge in [0.15, 0.2) is 0 Å². The summed E-state index contributed by atoms with van der Waals surface area (Å²) in [5.74, 6) is 0.965. The van der Waals surface area contributed by atoms with Gasteiger partial charge in [0.1, 0.15) is 0 Å². The lowest BCUT2D eigenvalue weighted by Crippen LogP contribution is -2.33. The maximum absolute atomic E-state index is 5.05. The van der Waals surface area contributed by atoms with Crippen LogP contribution >= 0.6 is 0 Å². The van der Waals surface area contributed by atoms with Gasteiger partial charge >= 0.3 is 0 Å². The van der Waals surface area contributed by atoms with Crippen molar-refractivity contribution in [3.8, 4) is 0 Å². The van der Waals surface area contributed by atoms with Gasteiger partial charge in [-0.05, 0) is 51.2 Å². The van der Waals surface area contributed by atoms with Gasteiger partial charge in [0, 0.05) is 13.7 Å². The molecular formula is C15H31NO. The van der Waals surface area contributed by atoms with Crippen LogP contribution in [0.15, 0.2) is 0 Å². The summed E-state index contributed by atoms with van der Waals surface area (Å²) in [5.41, 5.74) is 0. The van der Waals surface area contributed by atoms with Crippen LogP contribution in [0.3, 0.4) is 0 Å². The normalized spacial score (nSPS) is 18.7. The standard InChI is InChI=1S/C15H31NO/c1-15-9-12-16(13-10-15)11-7-5-3-4-6-8-14-17-2/h15H,3-14H2,1-2H3. The molecule has 0 radical (unpaired) electrons. The molecule has 2 nitrogen and oxygen atoms in total. The van der Waals surface area contributed by atoms with E-state index in [1.54, 1.807) is 7.11 Å². The van der Waals surface area contributed by atoms with E-state index in [0.717, 1.165) is 12.5 Å². The van der Waals surface area contributed by atoms with E-state index in [4.69, 9.17) is 4.74 Å². The van der Waals surface area contributed by atoms with Gasteiger partial charge in [0.05, 0.1) is 0 Å². The third-order valence-electron chi connectivity index (χ3n) is 3.95. The minimum absolute atomic E-state index is 0.936. The Balaban J connectivity index is 1.81. The van der Waals surface area contributed by atoms with Gasteiger partial charge in [-0.2, -0.15) is 0 Å². The predicted molar refractivity (Wildman–Crippen MR) is 74.4 cm³/mol. The maximum Gasteiger partial charge on any atom is 0.0462 e. The number of ether oxygens (including phenoxy) is 1. The SMILES string of the molecule is COCCCCCCCCN1CCC(C)CC1. The molecular weight excluding hydrogens is 210 g/mol. The first kappa shape index (κ1) is 15.0. The second-order valence-electron chi connectivity index (χ2n) is 5.64. The first-order valence-corrected chi connectivity index (χ1v) is 7.54. The average Bonchev–Trinajstić information content (AvgIpc) is 2.35. The lowest BCUT2D eigenvalue weighted by Gasteiger charge is -2.30. The Kier molecular flexibility index (Phi) is 8.72. The van der Waals surface area contributed by atoms with Gasteiger partial charge < -0.3 is 9.64 Å². The van der Waals surface area contributed by atoms with Crippen LogP contribution < -0.4 is 0 Å². The van der Waals surface area contributed by atoms with Crippen molar-refractivity contribution in [2.24, 2.45) is 5.92 Å². The van der Waals surface area contributed by atoms with Crippen molar-refractivity contribution in [2.45, 2.75) is 58.3 Å². The molecule has 0 aromatic heterocycles. The molecule has 1 rings (SSSR count). The molecule has 0 aromatic carbocycles. The fraction of sp³-hybridized carbons (Fsp3) is 1.00. The second kappa shape index (κ2) is 9.90. The lowest BCUT2D eigenvalue weighted by molar-refractivity contribution is 0.187. The summed E-state index contributed by atoms with van der Waals surface area (Å²) in [6.07, 6.45) is 11.0. The highest BCUT2D eigenvalue weighted by Gasteiger charge is 2.14. The summed E-state index contributed by atoms with van der Waals surface area (Å²) in [7, 11) is 1.79. The molecule has 1 saturated heterocycles. The van der Waals surface area contributed by atoms with Crippen LogP contribution in [0, 0.1) is 5.92 Å². The summed E-state index contributed by atoms with van der Waals surface area (Å²) >= 11 is 0. The second-order valence-corrected chi connectivity index (χ2v) is 5.64. The summed E-state index contributed by atoms with van der Waals surface area (Å²) in [6, 6.07) is 0. The molecule has 0 N–H and O–H groups in total.